The number of rotatable bonds is 5. The zero-order valence-electron chi connectivity index (χ0n) is 13.7. The van der Waals surface area contributed by atoms with Crippen molar-refractivity contribution < 1.29 is 19.4 Å². The highest BCUT2D eigenvalue weighted by molar-refractivity contribution is 5.86. The van der Waals surface area contributed by atoms with Crippen LogP contribution in [-0.2, 0) is 23.0 Å². The normalized spacial score (nSPS) is 13.6. The van der Waals surface area contributed by atoms with E-state index in [-0.39, 0.29) is 12.0 Å². The number of aliphatic hydroxyl groups excluding tert-OH is 1. The fraction of sp³-hybridized carbons (Fsp3) is 0.412. The van der Waals surface area contributed by atoms with Gasteiger partial charge in [-0.05, 0) is 19.1 Å². The number of aromatic nitrogens is 1. The van der Waals surface area contributed by atoms with Gasteiger partial charge in [-0.25, -0.2) is 0 Å². The van der Waals surface area contributed by atoms with Crippen LogP contribution in [0, 0.1) is 0 Å². The first kappa shape index (κ1) is 17.0. The number of fused-ring (bicyclic) bond motifs is 1. The molecule has 124 valence electrons. The lowest BCUT2D eigenvalue weighted by molar-refractivity contribution is -0.151. The van der Waals surface area contributed by atoms with Crippen molar-refractivity contribution >= 4 is 16.9 Å². The van der Waals surface area contributed by atoms with E-state index in [1.165, 1.54) is 25.5 Å². The van der Waals surface area contributed by atoms with Crippen molar-refractivity contribution in [1.82, 2.24) is 4.57 Å². The van der Waals surface area contributed by atoms with Crippen molar-refractivity contribution in [2.75, 3.05) is 7.11 Å². The molecular formula is C17H21NO5. The van der Waals surface area contributed by atoms with Crippen molar-refractivity contribution in [2.45, 2.75) is 32.5 Å². The average Bonchev–Trinajstić information content (AvgIpc) is 2.51. The Morgan fingerprint density at radius 2 is 2.00 bits per heavy atom. The largest absolute Gasteiger partial charge is 0.496 e. The highest BCUT2D eigenvalue weighted by Gasteiger charge is 2.24. The molecule has 1 heterocycles. The number of hydrogen-bond donors (Lipinski definition) is 1. The van der Waals surface area contributed by atoms with Gasteiger partial charge >= 0.3 is 5.97 Å². The van der Waals surface area contributed by atoms with Gasteiger partial charge in [-0.15, -0.1) is 0 Å². The van der Waals surface area contributed by atoms with Gasteiger partial charge in [0, 0.05) is 25.8 Å². The number of ether oxygens (including phenoxy) is 2. The van der Waals surface area contributed by atoms with Gasteiger partial charge in [0.05, 0.1) is 24.3 Å². The number of esters is 1. The average molecular weight is 319 g/mol. The number of carbonyl (C=O) groups excluding carboxylic acids is 1. The Balaban J connectivity index is 2.61. The molecule has 0 aliphatic rings. The van der Waals surface area contributed by atoms with E-state index in [1.54, 1.807) is 7.05 Å². The number of benzene rings is 1. The molecule has 0 saturated carbocycles. The van der Waals surface area contributed by atoms with Gasteiger partial charge < -0.3 is 19.1 Å². The molecule has 0 aliphatic carbocycles. The molecule has 2 aromatic rings. The summed E-state index contributed by atoms with van der Waals surface area (Å²) >= 11 is 0. The molecule has 23 heavy (non-hydrogen) atoms. The van der Waals surface area contributed by atoms with Crippen molar-refractivity contribution in [2.24, 2.45) is 7.05 Å². The topological polar surface area (TPSA) is 77.8 Å². The summed E-state index contributed by atoms with van der Waals surface area (Å²) in [6, 6.07) is 7.40. The van der Waals surface area contributed by atoms with Gasteiger partial charge in [0.15, 0.2) is 0 Å². The Labute approximate surface area is 134 Å². The maximum absolute atomic E-state index is 12.7. The Hall–Kier alpha value is -2.34. The summed E-state index contributed by atoms with van der Waals surface area (Å²) < 4.78 is 12.1. The summed E-state index contributed by atoms with van der Waals surface area (Å²) in [5.41, 5.74) is 0.887. The smallest absolute Gasteiger partial charge is 0.303 e. The number of nitrogens with zero attached hydrogens (tertiary/aromatic N) is 1. The molecule has 1 N–H and O–H groups in total. The third-order valence-electron chi connectivity index (χ3n) is 3.81. The molecule has 1 aromatic heterocycles. The van der Waals surface area contributed by atoms with Crippen LogP contribution >= 0.6 is 0 Å². The lowest BCUT2D eigenvalue weighted by Gasteiger charge is -2.22. The fourth-order valence-corrected chi connectivity index (χ4v) is 2.67. The van der Waals surface area contributed by atoms with E-state index in [1.807, 2.05) is 24.3 Å². The minimum atomic E-state index is -0.903. The van der Waals surface area contributed by atoms with Crippen LogP contribution in [0.25, 0.3) is 10.9 Å². The van der Waals surface area contributed by atoms with Gasteiger partial charge in [-0.1, -0.05) is 12.1 Å². The number of aryl methyl sites for hydroxylation is 1. The third-order valence-corrected chi connectivity index (χ3v) is 3.81. The van der Waals surface area contributed by atoms with E-state index < -0.39 is 18.2 Å². The molecular weight excluding hydrogens is 298 g/mol. The molecule has 6 nitrogen and oxygen atoms in total. The van der Waals surface area contributed by atoms with Gasteiger partial charge in [-0.3, -0.25) is 9.59 Å². The van der Waals surface area contributed by atoms with Crippen LogP contribution in [0.15, 0.2) is 29.1 Å². The number of para-hydroxylation sites is 1. The van der Waals surface area contributed by atoms with E-state index in [2.05, 4.69) is 0 Å². The van der Waals surface area contributed by atoms with Gasteiger partial charge in [0.25, 0.3) is 5.56 Å². The molecule has 2 atom stereocenters. The van der Waals surface area contributed by atoms with E-state index in [0.29, 0.717) is 11.3 Å². The molecule has 0 aliphatic heterocycles. The molecule has 2 unspecified atom stereocenters. The minimum Gasteiger partial charge on any atom is -0.496 e. The highest BCUT2D eigenvalue weighted by atomic mass is 16.6. The van der Waals surface area contributed by atoms with Gasteiger partial charge in [-0.2, -0.15) is 0 Å². The van der Waals surface area contributed by atoms with Gasteiger partial charge in [0.2, 0.25) is 0 Å². The summed E-state index contributed by atoms with van der Waals surface area (Å²) in [4.78, 5) is 23.9. The van der Waals surface area contributed by atoms with Crippen LogP contribution in [0.5, 0.6) is 5.75 Å². The first-order valence-electron chi connectivity index (χ1n) is 7.36. The maximum atomic E-state index is 12.7. The second-order valence-electron chi connectivity index (χ2n) is 5.49. The van der Waals surface area contributed by atoms with Crippen molar-refractivity contribution in [3.63, 3.8) is 0 Å². The van der Waals surface area contributed by atoms with Crippen LogP contribution in [0.2, 0.25) is 0 Å². The second-order valence-corrected chi connectivity index (χ2v) is 5.49. The zero-order valence-corrected chi connectivity index (χ0v) is 13.7. The second kappa shape index (κ2) is 6.83. The zero-order chi connectivity index (χ0) is 17.1. The summed E-state index contributed by atoms with van der Waals surface area (Å²) in [7, 11) is 3.17. The Morgan fingerprint density at radius 3 is 2.57 bits per heavy atom. The predicted molar refractivity (Wildman–Crippen MR) is 86.7 cm³/mol. The monoisotopic (exact) mass is 319 g/mol. The first-order valence-corrected chi connectivity index (χ1v) is 7.36. The Morgan fingerprint density at radius 1 is 1.35 bits per heavy atom. The number of pyridine rings is 1. The van der Waals surface area contributed by atoms with Crippen molar-refractivity contribution in [3.05, 3.63) is 40.2 Å². The van der Waals surface area contributed by atoms with Crippen LogP contribution in [0.3, 0.4) is 0 Å². The summed E-state index contributed by atoms with van der Waals surface area (Å²) in [5, 5.41) is 10.6. The Kier molecular flexibility index (Phi) is 5.05. The molecule has 0 radical (unpaired) electrons. The number of aliphatic hydroxyl groups is 1. The molecule has 0 bridgehead atoms. The van der Waals surface area contributed by atoms with Crippen LogP contribution in [0.1, 0.15) is 19.4 Å². The molecule has 1 aromatic carbocycles. The highest BCUT2D eigenvalue weighted by Crippen LogP contribution is 2.28. The maximum Gasteiger partial charge on any atom is 0.303 e. The van der Waals surface area contributed by atoms with Crippen molar-refractivity contribution in [3.8, 4) is 5.75 Å². The van der Waals surface area contributed by atoms with Crippen LogP contribution in [-0.4, -0.2) is 35.0 Å². The quantitative estimate of drug-likeness (QED) is 0.843. The molecule has 2 rings (SSSR count). The summed E-state index contributed by atoms with van der Waals surface area (Å²) in [6.45, 7) is 2.79. The molecule has 6 heteroatoms. The first-order chi connectivity index (χ1) is 10.9. The lowest BCUT2D eigenvalue weighted by Crippen LogP contribution is -2.34. The van der Waals surface area contributed by atoms with E-state index in [0.717, 1.165) is 10.9 Å². The van der Waals surface area contributed by atoms with Crippen molar-refractivity contribution in [1.29, 1.82) is 0 Å². The molecule has 0 spiro atoms. The fourth-order valence-electron chi connectivity index (χ4n) is 2.67. The van der Waals surface area contributed by atoms with E-state index in [4.69, 9.17) is 9.47 Å². The summed E-state index contributed by atoms with van der Waals surface area (Å²) in [6.07, 6.45) is -1.63. The third kappa shape index (κ3) is 3.37. The predicted octanol–water partition coefficient (Wildman–Crippen LogP) is 1.40. The van der Waals surface area contributed by atoms with Gasteiger partial charge in [0.1, 0.15) is 11.9 Å². The number of carbonyl (C=O) groups is 1. The SMILES string of the molecule is COc1c(CC(OC(C)=O)C(C)O)c(=O)n(C)c2ccccc12. The minimum absolute atomic E-state index is 0.0813. The number of hydrogen-bond acceptors (Lipinski definition) is 5. The molecule has 0 saturated heterocycles. The summed E-state index contributed by atoms with van der Waals surface area (Å²) in [5.74, 6) is -0.0611. The lowest BCUT2D eigenvalue weighted by atomic mass is 10.0. The number of methoxy groups -OCH3 is 1. The standard InChI is InChI=1S/C17H21NO5/c1-10(19)15(23-11(2)20)9-13-16(22-4)12-7-5-6-8-14(12)18(3)17(13)21/h5-8,10,15,19H,9H2,1-4H3. The molecule has 0 fully saturated rings. The molecule has 0 amide bonds. The van der Waals surface area contributed by atoms with E-state index in [9.17, 15) is 14.7 Å². The van der Waals surface area contributed by atoms with E-state index >= 15 is 0 Å². The Bertz CT molecular complexity index is 778. The van der Waals surface area contributed by atoms with Crippen LogP contribution < -0.4 is 10.3 Å². The van der Waals surface area contributed by atoms with Crippen LogP contribution in [0.4, 0.5) is 0 Å².